The summed E-state index contributed by atoms with van der Waals surface area (Å²) in [5.74, 6) is 0.605. The van der Waals surface area contributed by atoms with Crippen molar-refractivity contribution in [1.82, 2.24) is 20.5 Å². The van der Waals surface area contributed by atoms with E-state index in [1.54, 1.807) is 0 Å². The quantitative estimate of drug-likeness (QED) is 0.804. The second kappa shape index (κ2) is 5.18. The fourth-order valence-electron chi connectivity index (χ4n) is 3.40. The third kappa shape index (κ3) is 2.11. The molecule has 3 heterocycles. The van der Waals surface area contributed by atoms with Gasteiger partial charge in [0, 0.05) is 11.5 Å². The van der Waals surface area contributed by atoms with E-state index in [9.17, 15) is 0 Å². The molecule has 6 nitrogen and oxygen atoms in total. The second-order valence-electron chi connectivity index (χ2n) is 5.78. The van der Waals surface area contributed by atoms with Gasteiger partial charge in [0.1, 0.15) is 6.10 Å². The minimum absolute atomic E-state index is 0.00214. The molecule has 0 radical (unpaired) electrons. The van der Waals surface area contributed by atoms with Gasteiger partial charge in [0.25, 0.3) is 0 Å². The predicted molar refractivity (Wildman–Crippen MR) is 75.4 cm³/mol. The van der Waals surface area contributed by atoms with Gasteiger partial charge in [-0.05, 0) is 39.8 Å². The van der Waals surface area contributed by atoms with Crippen molar-refractivity contribution in [3.05, 3.63) is 16.7 Å². The SMILES string of the molecule is Cc1nc(C2O[C@@H](C)[C@@H](N)C23CCNCC3)nnc1Cl. The standard InChI is InChI=1S/C13H20ClN5O/c1-7-11(14)18-19-12(17-7)10-13(3-5-16-6-4-13)9(15)8(2)20-10/h8-10,16H,3-6,15H2,1-2H3/t8-,9+,10?/m0/s1. The Balaban J connectivity index is 1.99. The predicted octanol–water partition coefficient (Wildman–Crippen LogP) is 0.990. The number of nitrogens with zero attached hydrogens (tertiary/aromatic N) is 3. The van der Waals surface area contributed by atoms with E-state index >= 15 is 0 Å². The molecule has 2 aliphatic rings. The van der Waals surface area contributed by atoms with E-state index in [1.165, 1.54) is 0 Å². The smallest absolute Gasteiger partial charge is 0.180 e. The first-order valence-electron chi connectivity index (χ1n) is 7.03. The van der Waals surface area contributed by atoms with Gasteiger partial charge in [-0.3, -0.25) is 0 Å². The highest BCUT2D eigenvalue weighted by Crippen LogP contribution is 2.51. The van der Waals surface area contributed by atoms with Gasteiger partial charge in [-0.25, -0.2) is 4.98 Å². The molecular formula is C13H20ClN5O. The average Bonchev–Trinajstić information content (AvgIpc) is 2.68. The number of ether oxygens (including phenoxy) is 1. The fraction of sp³-hybridized carbons (Fsp3) is 0.769. The molecule has 0 amide bonds. The minimum atomic E-state index is -0.196. The summed E-state index contributed by atoms with van der Waals surface area (Å²) in [7, 11) is 0. The van der Waals surface area contributed by atoms with E-state index in [0.29, 0.717) is 16.7 Å². The van der Waals surface area contributed by atoms with Crippen molar-refractivity contribution >= 4 is 11.6 Å². The van der Waals surface area contributed by atoms with E-state index in [2.05, 4.69) is 20.5 Å². The Morgan fingerprint density at radius 1 is 1.35 bits per heavy atom. The number of piperidine rings is 1. The Morgan fingerprint density at radius 2 is 2.05 bits per heavy atom. The van der Waals surface area contributed by atoms with E-state index in [4.69, 9.17) is 22.1 Å². The van der Waals surface area contributed by atoms with Crippen molar-refractivity contribution in [3.8, 4) is 0 Å². The Morgan fingerprint density at radius 3 is 2.70 bits per heavy atom. The van der Waals surface area contributed by atoms with Crippen molar-refractivity contribution in [2.75, 3.05) is 13.1 Å². The lowest BCUT2D eigenvalue weighted by molar-refractivity contribution is -0.00128. The molecule has 7 heteroatoms. The highest BCUT2D eigenvalue weighted by molar-refractivity contribution is 6.29. The van der Waals surface area contributed by atoms with Gasteiger partial charge >= 0.3 is 0 Å². The van der Waals surface area contributed by atoms with Crippen molar-refractivity contribution in [2.45, 2.75) is 44.9 Å². The normalized spacial score (nSPS) is 32.7. The lowest BCUT2D eigenvalue weighted by Crippen LogP contribution is -2.50. The molecule has 2 saturated heterocycles. The van der Waals surface area contributed by atoms with Crippen molar-refractivity contribution < 1.29 is 4.74 Å². The molecule has 0 aromatic carbocycles. The van der Waals surface area contributed by atoms with E-state index in [-0.39, 0.29) is 23.7 Å². The zero-order valence-corrected chi connectivity index (χ0v) is 12.5. The highest BCUT2D eigenvalue weighted by atomic mass is 35.5. The van der Waals surface area contributed by atoms with E-state index in [1.807, 2.05) is 13.8 Å². The van der Waals surface area contributed by atoms with Crippen molar-refractivity contribution in [1.29, 1.82) is 0 Å². The number of rotatable bonds is 1. The van der Waals surface area contributed by atoms with Gasteiger partial charge in [0.15, 0.2) is 11.0 Å². The number of nitrogens with one attached hydrogen (secondary N) is 1. The average molecular weight is 298 g/mol. The molecule has 0 saturated carbocycles. The van der Waals surface area contributed by atoms with Crippen molar-refractivity contribution in [3.63, 3.8) is 0 Å². The lowest BCUT2D eigenvalue weighted by atomic mass is 9.69. The molecule has 110 valence electrons. The molecule has 3 N–H and O–H groups in total. The zero-order chi connectivity index (χ0) is 14.3. The summed E-state index contributed by atoms with van der Waals surface area (Å²) < 4.78 is 6.09. The molecule has 2 fully saturated rings. The van der Waals surface area contributed by atoms with Gasteiger partial charge in [-0.15, -0.1) is 10.2 Å². The van der Waals surface area contributed by atoms with Crippen LogP contribution in [0.4, 0.5) is 0 Å². The molecule has 1 aromatic rings. The van der Waals surface area contributed by atoms with Gasteiger partial charge in [0.05, 0.1) is 11.8 Å². The van der Waals surface area contributed by atoms with Crippen LogP contribution in [0.1, 0.15) is 37.4 Å². The molecule has 0 bridgehead atoms. The minimum Gasteiger partial charge on any atom is -0.365 e. The van der Waals surface area contributed by atoms with Crippen LogP contribution in [-0.2, 0) is 4.74 Å². The van der Waals surface area contributed by atoms with Gasteiger partial charge in [0.2, 0.25) is 0 Å². The summed E-state index contributed by atoms with van der Waals surface area (Å²) in [5.41, 5.74) is 7.00. The molecule has 3 rings (SSSR count). The van der Waals surface area contributed by atoms with Crippen molar-refractivity contribution in [2.24, 2.45) is 11.1 Å². The van der Waals surface area contributed by atoms with Gasteiger partial charge < -0.3 is 15.8 Å². The number of halogens is 1. The topological polar surface area (TPSA) is 86.0 Å². The van der Waals surface area contributed by atoms with Gasteiger partial charge in [-0.2, -0.15) is 0 Å². The maximum atomic E-state index is 6.43. The van der Waals surface area contributed by atoms with Crippen LogP contribution >= 0.6 is 11.6 Å². The molecule has 20 heavy (non-hydrogen) atoms. The summed E-state index contributed by atoms with van der Waals surface area (Å²) >= 11 is 5.91. The molecule has 2 aliphatic heterocycles. The molecule has 1 spiro atoms. The second-order valence-corrected chi connectivity index (χ2v) is 6.13. The van der Waals surface area contributed by atoms with Crippen LogP contribution in [0.25, 0.3) is 0 Å². The van der Waals surface area contributed by atoms with Crippen LogP contribution in [0.3, 0.4) is 0 Å². The highest BCUT2D eigenvalue weighted by Gasteiger charge is 2.55. The zero-order valence-electron chi connectivity index (χ0n) is 11.8. The maximum absolute atomic E-state index is 6.43. The summed E-state index contributed by atoms with van der Waals surface area (Å²) in [6.45, 7) is 5.74. The van der Waals surface area contributed by atoms with E-state index in [0.717, 1.165) is 25.9 Å². The Bertz CT molecular complexity index is 506. The molecular weight excluding hydrogens is 278 g/mol. The largest absolute Gasteiger partial charge is 0.365 e. The third-order valence-electron chi connectivity index (χ3n) is 4.63. The summed E-state index contributed by atoms with van der Waals surface area (Å²) in [5, 5.41) is 11.8. The van der Waals surface area contributed by atoms with Crippen LogP contribution in [0.5, 0.6) is 0 Å². The Hall–Kier alpha value is -0.820. The number of hydrogen-bond acceptors (Lipinski definition) is 6. The number of aromatic nitrogens is 3. The summed E-state index contributed by atoms with van der Waals surface area (Å²) in [6, 6.07) is -0.00539. The van der Waals surface area contributed by atoms with Gasteiger partial charge in [-0.1, -0.05) is 11.6 Å². The molecule has 1 aromatic heterocycles. The van der Waals surface area contributed by atoms with Crippen LogP contribution in [0, 0.1) is 12.3 Å². The Kier molecular flexibility index (Phi) is 3.66. The molecule has 0 aliphatic carbocycles. The lowest BCUT2D eigenvalue weighted by Gasteiger charge is -2.40. The first kappa shape index (κ1) is 14.1. The fourth-order valence-corrected chi connectivity index (χ4v) is 3.48. The van der Waals surface area contributed by atoms with Crippen LogP contribution < -0.4 is 11.1 Å². The van der Waals surface area contributed by atoms with E-state index < -0.39 is 0 Å². The summed E-state index contributed by atoms with van der Waals surface area (Å²) in [6.07, 6.45) is 1.73. The first-order valence-corrected chi connectivity index (χ1v) is 7.41. The number of hydrogen-bond donors (Lipinski definition) is 2. The summed E-state index contributed by atoms with van der Waals surface area (Å²) in [4.78, 5) is 4.47. The monoisotopic (exact) mass is 297 g/mol. The molecule has 3 atom stereocenters. The van der Waals surface area contributed by atoms with Crippen LogP contribution in [0.2, 0.25) is 5.15 Å². The molecule has 1 unspecified atom stereocenters. The first-order chi connectivity index (χ1) is 9.54. The van der Waals surface area contributed by atoms with Crippen LogP contribution in [0.15, 0.2) is 0 Å². The number of aryl methyl sites for hydroxylation is 1. The Labute approximate surface area is 123 Å². The third-order valence-corrected chi connectivity index (χ3v) is 4.98. The number of nitrogens with two attached hydrogens (primary N) is 1. The van der Waals surface area contributed by atoms with Crippen LogP contribution in [-0.4, -0.2) is 40.4 Å². The maximum Gasteiger partial charge on any atom is 0.180 e.